The molecule has 0 aliphatic carbocycles. The number of piperazine rings is 1. The molecule has 1 aromatic heterocycles. The highest BCUT2D eigenvalue weighted by Gasteiger charge is 2.17. The Morgan fingerprint density at radius 1 is 1.00 bits per heavy atom. The third-order valence-electron chi connectivity index (χ3n) is 3.70. The van der Waals surface area contributed by atoms with E-state index in [1.165, 1.54) is 0 Å². The summed E-state index contributed by atoms with van der Waals surface area (Å²) in [4.78, 5) is 26.6. The van der Waals surface area contributed by atoms with Crippen molar-refractivity contribution in [2.75, 3.05) is 36.4 Å². The largest absolute Gasteiger partial charge is 0.352 e. The molecule has 3 rings (SSSR count). The van der Waals surface area contributed by atoms with Crippen molar-refractivity contribution in [1.82, 2.24) is 15.1 Å². The van der Waals surface area contributed by atoms with Crippen LogP contribution in [0.25, 0.3) is 0 Å². The van der Waals surface area contributed by atoms with Crippen LogP contribution in [-0.2, 0) is 4.79 Å². The minimum absolute atomic E-state index is 0.268. The van der Waals surface area contributed by atoms with Crippen LogP contribution in [0.5, 0.6) is 0 Å². The number of nitrogens with one attached hydrogen (secondary N) is 1. The molecule has 118 valence electrons. The van der Waals surface area contributed by atoms with Gasteiger partial charge in [0.05, 0.1) is 0 Å². The number of carbonyl (C=O) groups excluding carboxylic acids is 2. The highest BCUT2D eigenvalue weighted by Crippen LogP contribution is 2.13. The number of aromatic nitrogens is 2. The van der Waals surface area contributed by atoms with Crippen LogP contribution < -0.4 is 10.2 Å². The second-order valence-corrected chi connectivity index (χ2v) is 5.23. The number of hydrogen-bond acceptors (Lipinski definition) is 5. The topological polar surface area (TPSA) is 78.4 Å². The number of para-hydroxylation sites is 1. The normalized spacial score (nSPS) is 14.4. The van der Waals surface area contributed by atoms with Crippen LogP contribution in [0, 0.1) is 0 Å². The quantitative estimate of drug-likeness (QED) is 0.853. The molecule has 1 N–H and O–H groups in total. The van der Waals surface area contributed by atoms with E-state index in [2.05, 4.69) is 15.5 Å². The molecule has 7 nitrogen and oxygen atoms in total. The van der Waals surface area contributed by atoms with Crippen molar-refractivity contribution in [3.63, 3.8) is 0 Å². The van der Waals surface area contributed by atoms with Crippen LogP contribution in [0.3, 0.4) is 0 Å². The summed E-state index contributed by atoms with van der Waals surface area (Å²) in [6.07, 6.45) is 0.861. The Bertz CT molecular complexity index is 667. The molecular formula is C16H17N5O2. The van der Waals surface area contributed by atoms with E-state index in [0.29, 0.717) is 37.7 Å². The summed E-state index contributed by atoms with van der Waals surface area (Å²) in [5.74, 6) is 0.424. The van der Waals surface area contributed by atoms with Gasteiger partial charge in [0, 0.05) is 31.9 Å². The van der Waals surface area contributed by atoms with E-state index in [-0.39, 0.29) is 11.6 Å². The van der Waals surface area contributed by atoms with E-state index in [1.54, 1.807) is 17.0 Å². The van der Waals surface area contributed by atoms with Gasteiger partial charge in [0.1, 0.15) is 0 Å². The fourth-order valence-electron chi connectivity index (χ4n) is 2.39. The van der Waals surface area contributed by atoms with Gasteiger partial charge < -0.3 is 15.1 Å². The number of nitrogens with zero attached hydrogens (tertiary/aromatic N) is 4. The number of hydrogen-bond donors (Lipinski definition) is 1. The van der Waals surface area contributed by atoms with Crippen LogP contribution in [0.4, 0.5) is 11.5 Å². The zero-order chi connectivity index (χ0) is 16.1. The summed E-state index contributed by atoms with van der Waals surface area (Å²) in [6.45, 7) is 2.76. The first-order valence-electron chi connectivity index (χ1n) is 7.41. The molecule has 1 aliphatic rings. The van der Waals surface area contributed by atoms with Gasteiger partial charge in [-0.2, -0.15) is 0 Å². The average molecular weight is 311 g/mol. The summed E-state index contributed by atoms with van der Waals surface area (Å²) in [6, 6.07) is 12.6. The molecule has 7 heteroatoms. The zero-order valence-electron chi connectivity index (χ0n) is 12.6. The lowest BCUT2D eigenvalue weighted by molar-refractivity contribution is -0.118. The third kappa shape index (κ3) is 3.63. The molecule has 0 radical (unpaired) electrons. The predicted octanol–water partition coefficient (Wildman–Crippen LogP) is 1.01. The number of rotatable bonds is 4. The molecule has 0 atom stereocenters. The molecule has 0 spiro atoms. The first-order chi connectivity index (χ1) is 11.3. The van der Waals surface area contributed by atoms with E-state index >= 15 is 0 Å². The fourth-order valence-corrected chi connectivity index (χ4v) is 2.39. The molecule has 0 unspecified atom stereocenters. The second kappa shape index (κ2) is 6.87. The molecule has 2 heterocycles. The van der Waals surface area contributed by atoms with Crippen LogP contribution in [0.2, 0.25) is 0 Å². The molecule has 2 amide bonds. The Kier molecular flexibility index (Phi) is 4.46. The summed E-state index contributed by atoms with van der Waals surface area (Å²) >= 11 is 0. The van der Waals surface area contributed by atoms with Crippen molar-refractivity contribution in [2.45, 2.75) is 0 Å². The summed E-state index contributed by atoms with van der Waals surface area (Å²) in [7, 11) is 0. The summed E-state index contributed by atoms with van der Waals surface area (Å²) in [5.41, 5.74) is 0.984. The highest BCUT2D eigenvalue weighted by molar-refractivity contribution is 6.02. The van der Waals surface area contributed by atoms with Gasteiger partial charge in [-0.05, 0) is 24.3 Å². The Balaban J connectivity index is 1.63. The Morgan fingerprint density at radius 3 is 2.35 bits per heavy atom. The molecule has 23 heavy (non-hydrogen) atoms. The smallest absolute Gasteiger partial charge is 0.276 e. The second-order valence-electron chi connectivity index (χ2n) is 5.23. The fraction of sp³-hybridized carbons (Fsp3) is 0.250. The monoisotopic (exact) mass is 311 g/mol. The van der Waals surface area contributed by atoms with E-state index in [1.807, 2.05) is 35.2 Å². The number of benzene rings is 1. The maximum atomic E-state index is 12.1. The summed E-state index contributed by atoms with van der Waals surface area (Å²) < 4.78 is 0. The molecular weight excluding hydrogens is 294 g/mol. The number of carbonyl (C=O) groups is 2. The van der Waals surface area contributed by atoms with Gasteiger partial charge in [0.25, 0.3) is 5.91 Å². The first kappa shape index (κ1) is 15.0. The Labute approximate surface area is 133 Å². The van der Waals surface area contributed by atoms with Gasteiger partial charge in [-0.1, -0.05) is 18.2 Å². The lowest BCUT2D eigenvalue weighted by Gasteiger charge is -2.32. The molecule has 2 aromatic rings. The van der Waals surface area contributed by atoms with Crippen LogP contribution in [0.1, 0.15) is 10.5 Å². The van der Waals surface area contributed by atoms with Gasteiger partial charge in [-0.25, -0.2) is 0 Å². The minimum Gasteiger partial charge on any atom is -0.352 e. The molecule has 1 aliphatic heterocycles. The van der Waals surface area contributed by atoms with Crippen LogP contribution >= 0.6 is 0 Å². The van der Waals surface area contributed by atoms with Gasteiger partial charge in [0.15, 0.2) is 11.5 Å². The van der Waals surface area contributed by atoms with Crippen molar-refractivity contribution in [2.24, 2.45) is 0 Å². The van der Waals surface area contributed by atoms with Gasteiger partial charge in [-0.3, -0.25) is 9.59 Å². The van der Waals surface area contributed by atoms with Crippen molar-refractivity contribution in [3.8, 4) is 0 Å². The van der Waals surface area contributed by atoms with Crippen molar-refractivity contribution in [3.05, 3.63) is 48.2 Å². The molecule has 1 aromatic carbocycles. The van der Waals surface area contributed by atoms with Crippen molar-refractivity contribution >= 4 is 23.8 Å². The lowest BCUT2D eigenvalue weighted by Crippen LogP contribution is -2.46. The minimum atomic E-state index is -0.291. The zero-order valence-corrected chi connectivity index (χ0v) is 12.6. The predicted molar refractivity (Wildman–Crippen MR) is 86.3 cm³/mol. The maximum Gasteiger partial charge on any atom is 0.276 e. The van der Waals surface area contributed by atoms with Gasteiger partial charge >= 0.3 is 0 Å². The summed E-state index contributed by atoms with van der Waals surface area (Å²) in [5, 5.41) is 10.9. The molecule has 1 fully saturated rings. The van der Waals surface area contributed by atoms with Gasteiger partial charge in [-0.15, -0.1) is 10.2 Å². The average Bonchev–Trinajstić information content (AvgIpc) is 2.63. The van der Waals surface area contributed by atoms with E-state index in [4.69, 9.17) is 0 Å². The van der Waals surface area contributed by atoms with E-state index < -0.39 is 0 Å². The van der Waals surface area contributed by atoms with Crippen molar-refractivity contribution < 1.29 is 9.59 Å². The highest BCUT2D eigenvalue weighted by atomic mass is 16.2. The standard InChI is InChI=1S/C16H17N5O2/c22-12-20-8-10-21(11-9-20)15-7-6-14(18-19-15)16(23)17-13-4-2-1-3-5-13/h1-7,12H,8-11H2,(H,17,23). The van der Waals surface area contributed by atoms with Crippen LogP contribution in [0.15, 0.2) is 42.5 Å². The first-order valence-corrected chi connectivity index (χ1v) is 7.41. The molecule has 0 saturated carbocycles. The van der Waals surface area contributed by atoms with Crippen molar-refractivity contribution in [1.29, 1.82) is 0 Å². The Morgan fingerprint density at radius 2 is 1.74 bits per heavy atom. The Hall–Kier alpha value is -2.96. The number of amides is 2. The molecule has 0 bridgehead atoms. The van der Waals surface area contributed by atoms with Crippen LogP contribution in [-0.4, -0.2) is 53.6 Å². The maximum absolute atomic E-state index is 12.1. The number of anilines is 2. The molecule has 1 saturated heterocycles. The van der Waals surface area contributed by atoms with E-state index in [9.17, 15) is 9.59 Å². The SMILES string of the molecule is O=CN1CCN(c2ccc(C(=O)Nc3ccccc3)nn2)CC1. The van der Waals surface area contributed by atoms with E-state index in [0.717, 1.165) is 6.41 Å². The van der Waals surface area contributed by atoms with Gasteiger partial charge in [0.2, 0.25) is 6.41 Å². The lowest BCUT2D eigenvalue weighted by atomic mass is 10.3. The third-order valence-corrected chi connectivity index (χ3v) is 3.70.